The van der Waals surface area contributed by atoms with Gasteiger partial charge in [0.05, 0.1) is 12.8 Å². The number of carbonyl (C=O) groups excluding carboxylic acids is 2. The first-order valence-electron chi connectivity index (χ1n) is 11.9. The van der Waals surface area contributed by atoms with Crippen LogP contribution in [0.25, 0.3) is 23.0 Å². The number of methoxy groups -OCH3 is 1. The zero-order valence-corrected chi connectivity index (χ0v) is 20.4. The largest absolute Gasteiger partial charge is 0.497 e. The second-order valence-corrected chi connectivity index (χ2v) is 8.64. The van der Waals surface area contributed by atoms with Gasteiger partial charge in [-0.3, -0.25) is 4.79 Å². The molecule has 1 saturated heterocycles. The van der Waals surface area contributed by atoms with Crippen molar-refractivity contribution in [2.75, 3.05) is 7.11 Å². The van der Waals surface area contributed by atoms with Crippen molar-refractivity contribution in [2.24, 2.45) is 5.10 Å². The fraction of sp³-hybridized carbons (Fsp3) is 0.103. The number of hydrogen-bond donors (Lipinski definition) is 0. The number of rotatable bonds is 6. The molecule has 9 nitrogen and oxygen atoms in total. The molecule has 188 valence electrons. The molecule has 0 spiro atoms. The molecule has 1 aromatic heterocycles. The molecular weight excluding hydrogens is 484 g/mol. The van der Waals surface area contributed by atoms with E-state index in [1.807, 2.05) is 91.1 Å². The summed E-state index contributed by atoms with van der Waals surface area (Å²) in [4.78, 5) is 25.8. The van der Waals surface area contributed by atoms with E-state index in [0.29, 0.717) is 17.0 Å². The van der Waals surface area contributed by atoms with E-state index in [4.69, 9.17) is 19.3 Å². The highest BCUT2D eigenvalue weighted by molar-refractivity contribution is 6.37. The predicted molar refractivity (Wildman–Crippen MR) is 139 cm³/mol. The molecule has 4 aromatic rings. The zero-order chi connectivity index (χ0) is 26.1. The highest BCUT2D eigenvalue weighted by Gasteiger charge is 2.44. The normalized spacial score (nSPS) is 17.6. The Hall–Kier alpha value is -5.18. The van der Waals surface area contributed by atoms with E-state index in [9.17, 15) is 9.59 Å². The Bertz CT molecular complexity index is 1560. The fourth-order valence-electron chi connectivity index (χ4n) is 4.23. The summed E-state index contributed by atoms with van der Waals surface area (Å²) in [5.74, 6) is -0.427. The van der Waals surface area contributed by atoms with Crippen LogP contribution in [0.15, 0.2) is 102 Å². The molecule has 1 amide bonds. The van der Waals surface area contributed by atoms with Gasteiger partial charge in [-0.2, -0.15) is 10.2 Å². The van der Waals surface area contributed by atoms with Crippen LogP contribution in [0.3, 0.4) is 0 Å². The molecule has 0 saturated carbocycles. The van der Waals surface area contributed by atoms with Crippen LogP contribution in [-0.4, -0.2) is 45.9 Å². The van der Waals surface area contributed by atoms with Crippen molar-refractivity contribution in [3.05, 3.63) is 108 Å². The molecule has 3 aromatic carbocycles. The fourth-order valence-corrected chi connectivity index (χ4v) is 4.23. The van der Waals surface area contributed by atoms with Gasteiger partial charge in [0.1, 0.15) is 11.4 Å². The van der Waals surface area contributed by atoms with Crippen LogP contribution in [0.2, 0.25) is 0 Å². The molecule has 1 unspecified atom stereocenters. The minimum absolute atomic E-state index is 0.00474. The van der Waals surface area contributed by atoms with Gasteiger partial charge in [-0.25, -0.2) is 9.48 Å². The van der Waals surface area contributed by atoms with E-state index in [-0.39, 0.29) is 17.9 Å². The van der Waals surface area contributed by atoms with Crippen LogP contribution in [0.4, 0.5) is 0 Å². The molecule has 0 aliphatic carbocycles. The summed E-state index contributed by atoms with van der Waals surface area (Å²) in [6, 6.07) is 26.5. The number of ether oxygens (including phenoxy) is 3. The number of amides is 1. The average Bonchev–Trinajstić information content (AvgIpc) is 3.51. The number of carbonyl (C=O) groups is 2. The van der Waals surface area contributed by atoms with E-state index >= 15 is 0 Å². The number of esters is 1. The SMILES string of the molecule is COc1ccc(-c2nn(-c3ccccc3)cc2/C=C2\OC3OC(=O)C(Cc4ccccc4)=NN3C2=O)cc1. The van der Waals surface area contributed by atoms with Crippen molar-refractivity contribution in [1.29, 1.82) is 0 Å². The minimum atomic E-state index is -1.26. The summed E-state index contributed by atoms with van der Waals surface area (Å²) in [5, 5.41) is 10.1. The quantitative estimate of drug-likeness (QED) is 0.288. The maximum atomic E-state index is 13.2. The van der Waals surface area contributed by atoms with Crippen molar-refractivity contribution >= 4 is 23.7 Å². The predicted octanol–water partition coefficient (Wildman–Crippen LogP) is 4.19. The van der Waals surface area contributed by atoms with Crippen molar-refractivity contribution in [2.45, 2.75) is 12.8 Å². The van der Waals surface area contributed by atoms with E-state index in [1.165, 1.54) is 0 Å². The van der Waals surface area contributed by atoms with Crippen LogP contribution >= 0.6 is 0 Å². The molecule has 2 aliphatic rings. The molecule has 2 aliphatic heterocycles. The molecule has 3 heterocycles. The monoisotopic (exact) mass is 506 g/mol. The van der Waals surface area contributed by atoms with Gasteiger partial charge in [-0.1, -0.05) is 48.5 Å². The Balaban J connectivity index is 1.35. The van der Waals surface area contributed by atoms with E-state index in [2.05, 4.69) is 5.10 Å². The van der Waals surface area contributed by atoms with E-state index in [0.717, 1.165) is 21.8 Å². The molecule has 1 atom stereocenters. The second kappa shape index (κ2) is 9.70. The first kappa shape index (κ1) is 23.2. The Morgan fingerprint density at radius 2 is 1.63 bits per heavy atom. The molecular formula is C29H22N4O5. The maximum Gasteiger partial charge on any atom is 0.359 e. The number of fused-ring (bicyclic) bond motifs is 1. The molecule has 0 radical (unpaired) electrons. The molecule has 0 N–H and O–H groups in total. The Morgan fingerprint density at radius 1 is 0.921 bits per heavy atom. The highest BCUT2D eigenvalue weighted by Crippen LogP contribution is 2.31. The third kappa shape index (κ3) is 4.41. The number of hydrogen-bond acceptors (Lipinski definition) is 7. The van der Waals surface area contributed by atoms with Gasteiger partial charge in [-0.15, -0.1) is 5.01 Å². The van der Waals surface area contributed by atoms with Crippen LogP contribution in [-0.2, 0) is 25.5 Å². The molecule has 6 rings (SSSR count). The summed E-state index contributed by atoms with van der Waals surface area (Å²) in [5.41, 5.74) is 3.96. The first-order valence-corrected chi connectivity index (χ1v) is 11.9. The van der Waals surface area contributed by atoms with Crippen LogP contribution in [0.1, 0.15) is 11.1 Å². The van der Waals surface area contributed by atoms with Crippen molar-refractivity contribution in [1.82, 2.24) is 14.8 Å². The van der Waals surface area contributed by atoms with Crippen molar-refractivity contribution < 1.29 is 23.8 Å². The van der Waals surface area contributed by atoms with Gasteiger partial charge in [-0.05, 0) is 48.0 Å². The van der Waals surface area contributed by atoms with Gasteiger partial charge in [0.15, 0.2) is 11.5 Å². The molecule has 0 bridgehead atoms. The molecule has 9 heteroatoms. The average molecular weight is 507 g/mol. The summed E-state index contributed by atoms with van der Waals surface area (Å²) in [6.07, 6.45) is 2.38. The Morgan fingerprint density at radius 3 is 2.34 bits per heavy atom. The van der Waals surface area contributed by atoms with Gasteiger partial charge in [0, 0.05) is 23.7 Å². The summed E-state index contributed by atoms with van der Waals surface area (Å²) in [6.45, 7) is 0. The Kier molecular flexibility index (Phi) is 5.93. The molecule has 38 heavy (non-hydrogen) atoms. The third-order valence-corrected chi connectivity index (χ3v) is 6.15. The van der Waals surface area contributed by atoms with Gasteiger partial charge >= 0.3 is 18.3 Å². The van der Waals surface area contributed by atoms with Crippen LogP contribution in [0.5, 0.6) is 5.75 Å². The second-order valence-electron chi connectivity index (χ2n) is 8.64. The number of aromatic nitrogens is 2. The van der Waals surface area contributed by atoms with Gasteiger partial charge in [0.25, 0.3) is 0 Å². The Labute approximate surface area is 218 Å². The topological polar surface area (TPSA) is 95.2 Å². The third-order valence-electron chi connectivity index (χ3n) is 6.15. The highest BCUT2D eigenvalue weighted by atomic mass is 16.7. The lowest BCUT2D eigenvalue weighted by atomic mass is 10.1. The summed E-state index contributed by atoms with van der Waals surface area (Å²) >= 11 is 0. The van der Waals surface area contributed by atoms with Gasteiger partial charge < -0.3 is 14.2 Å². The number of nitrogens with zero attached hydrogens (tertiary/aromatic N) is 4. The van der Waals surface area contributed by atoms with Crippen LogP contribution < -0.4 is 4.74 Å². The minimum Gasteiger partial charge on any atom is -0.497 e. The maximum absolute atomic E-state index is 13.2. The number of para-hydroxylation sites is 1. The van der Waals surface area contributed by atoms with Gasteiger partial charge in [0.2, 0.25) is 0 Å². The standard InChI is InChI=1S/C29H22N4O5/c1-36-23-14-12-20(13-15-23)26-21(18-32(31-26)22-10-6-3-7-11-22)17-25-27(34)33-29(37-25)38-28(35)24(30-33)16-19-8-4-2-5-9-19/h2-15,17-18,29H,16H2,1H3/b25-17-. The van der Waals surface area contributed by atoms with Crippen LogP contribution in [0, 0.1) is 0 Å². The number of benzene rings is 3. The zero-order valence-electron chi connectivity index (χ0n) is 20.4. The summed E-state index contributed by atoms with van der Waals surface area (Å²) < 4.78 is 18.1. The lowest BCUT2D eigenvalue weighted by molar-refractivity contribution is -0.187. The van der Waals surface area contributed by atoms with E-state index in [1.54, 1.807) is 17.9 Å². The molecule has 1 fully saturated rings. The smallest absolute Gasteiger partial charge is 0.359 e. The van der Waals surface area contributed by atoms with E-state index < -0.39 is 18.3 Å². The van der Waals surface area contributed by atoms with Crippen molar-refractivity contribution in [3.63, 3.8) is 0 Å². The number of hydrazone groups is 1. The lowest BCUT2D eigenvalue weighted by Crippen LogP contribution is -2.42. The van der Waals surface area contributed by atoms with Crippen molar-refractivity contribution in [3.8, 4) is 22.7 Å². The first-order chi connectivity index (χ1) is 18.6. The summed E-state index contributed by atoms with van der Waals surface area (Å²) in [7, 11) is 1.60. The lowest BCUT2D eigenvalue weighted by Gasteiger charge is -2.23.